The van der Waals surface area contributed by atoms with E-state index in [2.05, 4.69) is 135 Å². The van der Waals surface area contributed by atoms with Crippen molar-refractivity contribution in [3.05, 3.63) is 122 Å². The van der Waals surface area contributed by atoms with Crippen LogP contribution >= 0.6 is 7.82 Å². The Morgan fingerprint density at radius 1 is 0.337 bits per heavy atom. The van der Waals surface area contributed by atoms with Gasteiger partial charge in [0.25, 0.3) is 7.82 Å². The number of hydrogen-bond acceptors (Lipinski definition) is 8. The zero-order valence-corrected chi connectivity index (χ0v) is 63.5. The number of carbonyl (C=O) groups excluding carboxylic acids is 2. The molecule has 0 bridgehead atoms. The van der Waals surface area contributed by atoms with Gasteiger partial charge in [0.1, 0.15) is 19.8 Å². The number of likely N-dealkylation sites (N-methyl/N-ethyl adjacent to an activating group) is 1. The number of rotatable bonds is 73. The van der Waals surface area contributed by atoms with E-state index in [-0.39, 0.29) is 32.0 Å². The summed E-state index contributed by atoms with van der Waals surface area (Å²) in [6, 6.07) is 0. The van der Waals surface area contributed by atoms with Gasteiger partial charge in [-0.2, -0.15) is 0 Å². The average Bonchev–Trinajstić information content (AvgIpc) is 1.80. The van der Waals surface area contributed by atoms with Crippen LogP contribution in [-0.2, 0) is 32.7 Å². The molecule has 0 saturated heterocycles. The summed E-state index contributed by atoms with van der Waals surface area (Å²) in [7, 11) is 1.15. The summed E-state index contributed by atoms with van der Waals surface area (Å²) in [5.41, 5.74) is 0. The summed E-state index contributed by atoms with van der Waals surface area (Å²) in [5.74, 6) is -0.843. The second-order valence-corrected chi connectivity index (χ2v) is 29.1. The molecule has 0 aliphatic heterocycles. The Kier molecular flexibility index (Phi) is 71.8. The number of carbonyl (C=O) groups is 2. The first-order valence-corrected chi connectivity index (χ1v) is 41.2. The number of allylic oxidation sites excluding steroid dienone is 20. The van der Waals surface area contributed by atoms with Crippen LogP contribution in [0.5, 0.6) is 0 Å². The molecule has 0 heterocycles. The van der Waals surface area contributed by atoms with E-state index in [1.807, 2.05) is 21.1 Å². The third kappa shape index (κ3) is 79.3. The largest absolute Gasteiger partial charge is 0.756 e. The van der Waals surface area contributed by atoms with Crippen LogP contribution in [0.3, 0.4) is 0 Å². The molecule has 548 valence electrons. The van der Waals surface area contributed by atoms with Crippen LogP contribution in [0.4, 0.5) is 0 Å². The molecular formula is C85H150NO8P. The molecule has 10 heteroatoms. The minimum absolute atomic E-state index is 0.0381. The van der Waals surface area contributed by atoms with Gasteiger partial charge in [-0.3, -0.25) is 14.2 Å². The topological polar surface area (TPSA) is 111 Å². The third-order valence-electron chi connectivity index (χ3n) is 17.2. The molecule has 2 unspecified atom stereocenters. The molecule has 0 aromatic heterocycles. The van der Waals surface area contributed by atoms with Gasteiger partial charge in [-0.25, -0.2) is 0 Å². The zero-order chi connectivity index (χ0) is 69.0. The number of phosphoric acid groups is 1. The fourth-order valence-electron chi connectivity index (χ4n) is 11.2. The van der Waals surface area contributed by atoms with E-state index in [9.17, 15) is 19.0 Å². The number of nitrogens with zero attached hydrogens (tertiary/aromatic N) is 1. The summed E-state index contributed by atoms with van der Waals surface area (Å²) in [6.07, 6.45) is 107. The van der Waals surface area contributed by atoms with E-state index in [4.69, 9.17) is 18.5 Å². The van der Waals surface area contributed by atoms with Crippen LogP contribution < -0.4 is 4.89 Å². The van der Waals surface area contributed by atoms with Crippen molar-refractivity contribution in [2.24, 2.45) is 0 Å². The van der Waals surface area contributed by atoms with Crippen molar-refractivity contribution in [2.45, 2.75) is 360 Å². The number of hydrogen-bond donors (Lipinski definition) is 0. The van der Waals surface area contributed by atoms with Crippen molar-refractivity contribution >= 4 is 19.8 Å². The maximum atomic E-state index is 12.9. The number of esters is 2. The fraction of sp³-hybridized carbons (Fsp3) is 0.741. The summed E-state index contributed by atoms with van der Waals surface area (Å²) in [5, 5.41) is 0. The molecule has 9 nitrogen and oxygen atoms in total. The van der Waals surface area contributed by atoms with E-state index >= 15 is 0 Å². The molecule has 0 rings (SSSR count). The Bertz CT molecular complexity index is 2020. The molecule has 0 spiro atoms. The van der Waals surface area contributed by atoms with Gasteiger partial charge < -0.3 is 27.9 Å². The maximum absolute atomic E-state index is 12.9. The molecule has 0 saturated carbocycles. The lowest BCUT2D eigenvalue weighted by atomic mass is 10.0. The highest BCUT2D eigenvalue weighted by Crippen LogP contribution is 2.38. The zero-order valence-electron chi connectivity index (χ0n) is 62.6. The van der Waals surface area contributed by atoms with Crippen molar-refractivity contribution in [1.29, 1.82) is 0 Å². The van der Waals surface area contributed by atoms with Crippen molar-refractivity contribution in [3.8, 4) is 0 Å². The highest BCUT2D eigenvalue weighted by Gasteiger charge is 2.22. The van der Waals surface area contributed by atoms with E-state index in [0.717, 1.165) is 122 Å². The molecule has 0 aliphatic carbocycles. The van der Waals surface area contributed by atoms with Gasteiger partial charge in [0.2, 0.25) is 0 Å². The first-order chi connectivity index (χ1) is 46.5. The number of quaternary nitrogens is 1. The van der Waals surface area contributed by atoms with Gasteiger partial charge >= 0.3 is 11.9 Å². The molecule has 0 aromatic rings. The molecule has 2 atom stereocenters. The van der Waals surface area contributed by atoms with Crippen molar-refractivity contribution in [2.75, 3.05) is 47.5 Å². The molecule has 0 radical (unpaired) electrons. The average molecular weight is 1350 g/mol. The van der Waals surface area contributed by atoms with E-state index in [1.54, 1.807) is 0 Å². The lowest BCUT2D eigenvalue weighted by molar-refractivity contribution is -0.870. The second kappa shape index (κ2) is 74.6. The molecule has 95 heavy (non-hydrogen) atoms. The van der Waals surface area contributed by atoms with Gasteiger partial charge in [0, 0.05) is 12.8 Å². The molecule has 0 aliphatic rings. The van der Waals surface area contributed by atoms with Crippen LogP contribution in [-0.4, -0.2) is 70.0 Å². The maximum Gasteiger partial charge on any atom is 0.306 e. The second-order valence-electron chi connectivity index (χ2n) is 27.7. The quantitative estimate of drug-likeness (QED) is 0.0195. The Hall–Kier alpha value is -3.59. The Morgan fingerprint density at radius 2 is 0.600 bits per heavy atom. The minimum Gasteiger partial charge on any atom is -0.756 e. The molecular weight excluding hydrogens is 1190 g/mol. The molecule has 0 amide bonds. The summed E-state index contributed by atoms with van der Waals surface area (Å²) in [6.45, 7) is 4.15. The highest BCUT2D eigenvalue weighted by atomic mass is 31.2. The molecule has 0 fully saturated rings. The Labute approximate surface area is 588 Å². The minimum atomic E-state index is -4.66. The van der Waals surface area contributed by atoms with Crippen molar-refractivity contribution in [3.63, 3.8) is 0 Å². The smallest absolute Gasteiger partial charge is 0.306 e. The first kappa shape index (κ1) is 91.4. The number of phosphoric ester groups is 1. The monoisotopic (exact) mass is 1340 g/mol. The van der Waals surface area contributed by atoms with Gasteiger partial charge in [-0.15, -0.1) is 0 Å². The lowest BCUT2D eigenvalue weighted by Gasteiger charge is -2.28. The van der Waals surface area contributed by atoms with Crippen LogP contribution in [0.1, 0.15) is 354 Å². The SMILES string of the molecule is CC/C=C\C/C=C\C/C=C\C/C=C\C/C=C\C/C=C\C/C=C\C/C=C\C/C=C\C/C=C\CCCCCCCCC(=O)OC(COC(=O)CCCCCCCCCCCCCCCCCCCCCCCCCCCCCCCCCCCC)COP(=O)([O-])OCC[N+](C)(C)C. The summed E-state index contributed by atoms with van der Waals surface area (Å²) in [4.78, 5) is 38.2. The number of unbranched alkanes of at least 4 members (excludes halogenated alkanes) is 39. The van der Waals surface area contributed by atoms with Gasteiger partial charge in [0.15, 0.2) is 6.10 Å². The summed E-state index contributed by atoms with van der Waals surface area (Å²) >= 11 is 0. The van der Waals surface area contributed by atoms with E-state index in [0.29, 0.717) is 17.4 Å². The van der Waals surface area contributed by atoms with E-state index in [1.165, 1.54) is 199 Å². The Balaban J connectivity index is 4.04. The lowest BCUT2D eigenvalue weighted by Crippen LogP contribution is -2.37. The summed E-state index contributed by atoms with van der Waals surface area (Å²) < 4.78 is 34.4. The highest BCUT2D eigenvalue weighted by molar-refractivity contribution is 7.45. The van der Waals surface area contributed by atoms with Crippen molar-refractivity contribution in [1.82, 2.24) is 0 Å². The van der Waals surface area contributed by atoms with Gasteiger partial charge in [-0.1, -0.05) is 373 Å². The third-order valence-corrected chi connectivity index (χ3v) is 18.2. The number of ether oxygens (including phenoxy) is 2. The fourth-order valence-corrected chi connectivity index (χ4v) is 11.9. The predicted octanol–water partition coefficient (Wildman–Crippen LogP) is 25.9. The van der Waals surface area contributed by atoms with Gasteiger partial charge in [-0.05, 0) is 89.9 Å². The van der Waals surface area contributed by atoms with Crippen molar-refractivity contribution < 1.29 is 42.1 Å². The van der Waals surface area contributed by atoms with E-state index < -0.39 is 26.5 Å². The normalized spacial score (nSPS) is 13.7. The van der Waals surface area contributed by atoms with Crippen LogP contribution in [0.2, 0.25) is 0 Å². The molecule has 0 aromatic carbocycles. The predicted molar refractivity (Wildman–Crippen MR) is 411 cm³/mol. The van der Waals surface area contributed by atoms with Crippen LogP contribution in [0.25, 0.3) is 0 Å². The van der Waals surface area contributed by atoms with Crippen LogP contribution in [0.15, 0.2) is 122 Å². The molecule has 0 N–H and O–H groups in total. The van der Waals surface area contributed by atoms with Crippen LogP contribution in [0, 0.1) is 0 Å². The van der Waals surface area contributed by atoms with Gasteiger partial charge in [0.05, 0.1) is 27.7 Å². The first-order valence-electron chi connectivity index (χ1n) is 39.7. The standard InChI is InChI=1S/C85H150NO8P/c1-6-8-10-12-14-16-18-20-22-24-26-28-30-32-34-36-38-40-42-43-44-46-48-50-52-54-56-58-60-62-64-66-68-70-72-74-76-78-85(88)94-83(82-93-95(89,90)92-80-79-86(3,4)5)81-91-84(87)77-75-73-71-69-67-65-63-61-59-57-55-53-51-49-47-45-41-39-37-35-33-31-29-27-25-23-21-19-17-15-13-11-9-7-2/h8,10,14,16,20,22,26,28,32,34,38,40,43-44,48,50,54,56,60,62,83H,6-7,9,11-13,15,17-19,21,23-25,27,29-31,33,35-37,39,41-42,45-47,49,51-53,55,57-59,61,63-82H2,1-5H3/b10-8-,16-14-,22-20-,28-26-,34-32-,40-38-,44-43-,50-48-,56-54-,62-60-. The Morgan fingerprint density at radius 3 is 0.895 bits per heavy atom.